The first-order chi connectivity index (χ1) is 17.0. The van der Waals surface area contributed by atoms with Gasteiger partial charge in [0.1, 0.15) is 0 Å². The van der Waals surface area contributed by atoms with E-state index in [9.17, 15) is 9.90 Å². The maximum atomic E-state index is 12.2. The van der Waals surface area contributed by atoms with E-state index in [0.717, 1.165) is 31.5 Å². The lowest BCUT2D eigenvalue weighted by Crippen LogP contribution is -2.43. The Morgan fingerprint density at radius 2 is 1.43 bits per heavy atom. The van der Waals surface area contributed by atoms with Gasteiger partial charge in [-0.25, -0.2) is 9.78 Å². The zero-order chi connectivity index (χ0) is 24.3. The van der Waals surface area contributed by atoms with Crippen molar-refractivity contribution >= 4 is 17.6 Å². The number of piperidine rings is 1. The first kappa shape index (κ1) is 23.3. The number of aromatic nitrogens is 2. The standard InChI is InChI=1S/C29H28ClN3O2/c30-25-13-11-22(12-14-25)19-33-21-31-26(27(33)28(34)35)20-32-17-15-29(16-18-32,23-7-3-1-4-8-23)24-9-5-2-6-10-24/h1-14,21H,15-20H2,(H,34,35). The van der Waals surface area contributed by atoms with E-state index in [2.05, 4.69) is 70.5 Å². The number of aromatic carboxylic acids is 1. The van der Waals surface area contributed by atoms with Gasteiger partial charge in [-0.15, -0.1) is 0 Å². The van der Waals surface area contributed by atoms with Crippen LogP contribution in [-0.4, -0.2) is 38.6 Å². The third-order valence-corrected chi connectivity index (χ3v) is 7.37. The average Bonchev–Trinajstić information content (AvgIpc) is 3.29. The fraction of sp³-hybridized carbons (Fsp3) is 0.241. The van der Waals surface area contributed by atoms with E-state index < -0.39 is 5.97 Å². The van der Waals surface area contributed by atoms with Crippen LogP contribution in [0.1, 0.15) is 45.7 Å². The van der Waals surface area contributed by atoms with Crippen LogP contribution in [0.5, 0.6) is 0 Å². The number of imidazole rings is 1. The van der Waals surface area contributed by atoms with Crippen molar-refractivity contribution in [3.8, 4) is 0 Å². The molecule has 0 unspecified atom stereocenters. The van der Waals surface area contributed by atoms with Crippen LogP contribution in [0.2, 0.25) is 5.02 Å². The summed E-state index contributed by atoms with van der Waals surface area (Å²) in [4.78, 5) is 19.0. The van der Waals surface area contributed by atoms with Crippen molar-refractivity contribution < 1.29 is 9.90 Å². The molecule has 1 aliphatic rings. The molecule has 0 saturated carbocycles. The lowest BCUT2D eigenvalue weighted by atomic mass is 9.68. The molecule has 4 aromatic rings. The molecule has 0 bridgehead atoms. The second-order valence-electron chi connectivity index (χ2n) is 9.19. The fourth-order valence-electron chi connectivity index (χ4n) is 5.26. The maximum absolute atomic E-state index is 12.2. The van der Waals surface area contributed by atoms with Crippen LogP contribution in [0.4, 0.5) is 0 Å². The number of hydrogen-bond acceptors (Lipinski definition) is 3. The minimum absolute atomic E-state index is 0.0391. The van der Waals surface area contributed by atoms with Crippen molar-refractivity contribution in [2.24, 2.45) is 0 Å². The zero-order valence-corrected chi connectivity index (χ0v) is 20.2. The van der Waals surface area contributed by atoms with E-state index in [4.69, 9.17) is 11.6 Å². The fourth-order valence-corrected chi connectivity index (χ4v) is 5.38. The highest BCUT2D eigenvalue weighted by molar-refractivity contribution is 6.30. The molecule has 0 aliphatic carbocycles. The summed E-state index contributed by atoms with van der Waals surface area (Å²) in [5.41, 5.74) is 4.48. The molecule has 1 fully saturated rings. The number of carbonyl (C=O) groups is 1. The number of benzene rings is 3. The monoisotopic (exact) mass is 485 g/mol. The number of carboxylic acids is 1. The molecule has 0 spiro atoms. The van der Waals surface area contributed by atoms with E-state index in [1.54, 1.807) is 10.9 Å². The van der Waals surface area contributed by atoms with Crippen LogP contribution in [0.15, 0.2) is 91.3 Å². The van der Waals surface area contributed by atoms with Gasteiger partial charge in [0.2, 0.25) is 0 Å². The minimum atomic E-state index is -0.952. The third kappa shape index (κ3) is 4.88. The molecule has 6 heteroatoms. The SMILES string of the molecule is O=C(O)c1c(CN2CCC(c3ccccc3)(c3ccccc3)CC2)ncn1Cc1ccc(Cl)cc1. The van der Waals surface area contributed by atoms with Gasteiger partial charge in [-0.1, -0.05) is 84.4 Å². The van der Waals surface area contributed by atoms with E-state index in [1.807, 2.05) is 24.3 Å². The van der Waals surface area contributed by atoms with Crippen LogP contribution >= 0.6 is 11.6 Å². The van der Waals surface area contributed by atoms with Crippen molar-refractivity contribution in [1.82, 2.24) is 14.5 Å². The molecular formula is C29H28ClN3O2. The molecule has 1 aromatic heterocycles. The first-order valence-corrected chi connectivity index (χ1v) is 12.3. The summed E-state index contributed by atoms with van der Waals surface area (Å²) in [7, 11) is 0. The predicted octanol–water partition coefficient (Wildman–Crippen LogP) is 5.87. The van der Waals surface area contributed by atoms with E-state index in [-0.39, 0.29) is 11.1 Å². The van der Waals surface area contributed by atoms with E-state index >= 15 is 0 Å². The second kappa shape index (κ2) is 10.1. The Labute approximate surface area is 210 Å². The zero-order valence-electron chi connectivity index (χ0n) is 19.5. The lowest BCUT2D eigenvalue weighted by Gasteiger charge is -2.42. The Morgan fingerprint density at radius 1 is 0.857 bits per heavy atom. The first-order valence-electron chi connectivity index (χ1n) is 11.9. The maximum Gasteiger partial charge on any atom is 0.354 e. The Bertz CT molecular complexity index is 1240. The van der Waals surface area contributed by atoms with Gasteiger partial charge in [0.05, 0.1) is 12.0 Å². The molecule has 0 atom stereocenters. The summed E-state index contributed by atoms with van der Waals surface area (Å²) < 4.78 is 1.71. The molecule has 5 nitrogen and oxygen atoms in total. The van der Waals surface area contributed by atoms with Crippen molar-refractivity contribution in [3.63, 3.8) is 0 Å². The Balaban J connectivity index is 1.35. The molecule has 0 radical (unpaired) electrons. The number of halogens is 1. The third-order valence-electron chi connectivity index (χ3n) is 7.12. The molecule has 3 aromatic carbocycles. The van der Waals surface area contributed by atoms with Crippen LogP contribution in [-0.2, 0) is 18.5 Å². The molecule has 35 heavy (non-hydrogen) atoms. The van der Waals surface area contributed by atoms with Crippen molar-refractivity contribution in [3.05, 3.63) is 124 Å². The predicted molar refractivity (Wildman–Crippen MR) is 138 cm³/mol. The van der Waals surface area contributed by atoms with Gasteiger partial charge < -0.3 is 9.67 Å². The molecule has 0 amide bonds. The summed E-state index contributed by atoms with van der Waals surface area (Å²) >= 11 is 5.99. The van der Waals surface area contributed by atoms with Crippen LogP contribution in [0.3, 0.4) is 0 Å². The Hall–Kier alpha value is -3.41. The smallest absolute Gasteiger partial charge is 0.354 e. The lowest BCUT2D eigenvalue weighted by molar-refractivity contribution is 0.0682. The minimum Gasteiger partial charge on any atom is -0.477 e. The van der Waals surface area contributed by atoms with Gasteiger partial charge in [0.25, 0.3) is 0 Å². The topological polar surface area (TPSA) is 58.4 Å². The highest BCUT2D eigenvalue weighted by Crippen LogP contribution is 2.41. The van der Waals surface area contributed by atoms with E-state index in [0.29, 0.717) is 23.8 Å². The highest BCUT2D eigenvalue weighted by Gasteiger charge is 2.38. The normalized spacial score (nSPS) is 15.7. The highest BCUT2D eigenvalue weighted by atomic mass is 35.5. The van der Waals surface area contributed by atoms with Gasteiger partial charge in [-0.2, -0.15) is 0 Å². The van der Waals surface area contributed by atoms with Crippen LogP contribution < -0.4 is 0 Å². The molecule has 5 rings (SSSR count). The number of carboxylic acid groups (broad SMARTS) is 1. The molecule has 178 valence electrons. The number of nitrogens with zero attached hydrogens (tertiary/aromatic N) is 3. The summed E-state index contributed by atoms with van der Waals surface area (Å²) in [5, 5.41) is 10.6. The van der Waals surface area contributed by atoms with Gasteiger partial charge in [-0.05, 0) is 54.8 Å². The summed E-state index contributed by atoms with van der Waals surface area (Å²) in [5.74, 6) is -0.952. The van der Waals surface area contributed by atoms with Gasteiger partial charge in [0, 0.05) is 23.5 Å². The molecule has 1 aliphatic heterocycles. The number of likely N-dealkylation sites (tertiary alicyclic amines) is 1. The van der Waals surface area contributed by atoms with E-state index in [1.165, 1.54) is 11.1 Å². The van der Waals surface area contributed by atoms with Crippen molar-refractivity contribution in [2.75, 3.05) is 13.1 Å². The largest absolute Gasteiger partial charge is 0.477 e. The van der Waals surface area contributed by atoms with Gasteiger partial charge in [0.15, 0.2) is 5.69 Å². The van der Waals surface area contributed by atoms with Gasteiger partial charge in [-0.3, -0.25) is 4.90 Å². The molecule has 2 heterocycles. The molecule has 1 N–H and O–H groups in total. The van der Waals surface area contributed by atoms with Crippen molar-refractivity contribution in [1.29, 1.82) is 0 Å². The van der Waals surface area contributed by atoms with Gasteiger partial charge >= 0.3 is 5.97 Å². The summed E-state index contributed by atoms with van der Waals surface area (Å²) in [6, 6.07) is 28.9. The van der Waals surface area contributed by atoms with Crippen LogP contribution in [0, 0.1) is 0 Å². The number of hydrogen-bond donors (Lipinski definition) is 1. The average molecular weight is 486 g/mol. The Kier molecular flexibility index (Phi) is 6.71. The quantitative estimate of drug-likeness (QED) is 0.356. The molecule has 1 saturated heterocycles. The number of rotatable bonds is 7. The molecular weight excluding hydrogens is 458 g/mol. The van der Waals surface area contributed by atoms with Crippen LogP contribution in [0.25, 0.3) is 0 Å². The summed E-state index contributed by atoms with van der Waals surface area (Å²) in [6.45, 7) is 2.70. The summed E-state index contributed by atoms with van der Waals surface area (Å²) in [6.07, 6.45) is 3.57. The Morgan fingerprint density at radius 3 is 1.97 bits per heavy atom. The van der Waals surface area contributed by atoms with Crippen molar-refractivity contribution in [2.45, 2.75) is 31.3 Å². The second-order valence-corrected chi connectivity index (χ2v) is 9.63.